The molecule has 3 heteroatoms. The second-order valence-corrected chi connectivity index (χ2v) is 7.55. The number of carbonyl (C=O) groups is 1. The van der Waals surface area contributed by atoms with Gasteiger partial charge in [0.15, 0.2) is 6.29 Å². The summed E-state index contributed by atoms with van der Waals surface area (Å²) in [7, 11) is 0. The summed E-state index contributed by atoms with van der Waals surface area (Å²) in [5, 5.41) is 0. The van der Waals surface area contributed by atoms with Crippen molar-refractivity contribution in [3.05, 3.63) is 0 Å². The van der Waals surface area contributed by atoms with E-state index in [1.54, 1.807) is 0 Å². The average molecular weight is 282 g/mol. The topological polar surface area (TPSA) is 35.5 Å². The van der Waals surface area contributed by atoms with Crippen LogP contribution in [0.4, 0.5) is 0 Å². The van der Waals surface area contributed by atoms with Gasteiger partial charge in [-0.3, -0.25) is 4.79 Å². The van der Waals surface area contributed by atoms with Crippen molar-refractivity contribution in [3.63, 3.8) is 0 Å². The number of hydrogen-bond acceptors (Lipinski definition) is 3. The van der Waals surface area contributed by atoms with Gasteiger partial charge < -0.3 is 9.47 Å². The first-order valence-electron chi connectivity index (χ1n) is 8.08. The number of esters is 1. The first-order valence-corrected chi connectivity index (χ1v) is 8.08. The lowest BCUT2D eigenvalue weighted by Gasteiger charge is -2.39. The van der Waals surface area contributed by atoms with Crippen LogP contribution < -0.4 is 0 Å². The summed E-state index contributed by atoms with van der Waals surface area (Å²) in [6.45, 7) is 12.8. The van der Waals surface area contributed by atoms with Gasteiger partial charge in [0, 0.05) is 0 Å². The summed E-state index contributed by atoms with van der Waals surface area (Å²) in [6, 6.07) is 0. The van der Waals surface area contributed by atoms with E-state index in [2.05, 4.69) is 20.8 Å². The molecule has 2 rings (SSSR count). The molecule has 2 aliphatic rings. The highest BCUT2D eigenvalue weighted by atomic mass is 16.7. The molecular weight excluding hydrogens is 252 g/mol. The zero-order valence-electron chi connectivity index (χ0n) is 13.9. The summed E-state index contributed by atoms with van der Waals surface area (Å²) in [6.07, 6.45) is 4.23. The van der Waals surface area contributed by atoms with Crippen LogP contribution in [0.2, 0.25) is 0 Å². The fourth-order valence-corrected chi connectivity index (χ4v) is 4.04. The van der Waals surface area contributed by atoms with Gasteiger partial charge in [-0.05, 0) is 49.4 Å². The molecule has 0 radical (unpaired) electrons. The molecule has 116 valence electrons. The van der Waals surface area contributed by atoms with Gasteiger partial charge in [-0.2, -0.15) is 0 Å². The van der Waals surface area contributed by atoms with Crippen molar-refractivity contribution in [2.75, 3.05) is 0 Å². The maximum atomic E-state index is 11.8. The minimum Gasteiger partial charge on any atom is -0.436 e. The van der Waals surface area contributed by atoms with Gasteiger partial charge in [-0.1, -0.05) is 34.6 Å². The van der Waals surface area contributed by atoms with Gasteiger partial charge in [-0.15, -0.1) is 0 Å². The standard InChI is InChI=1S/C17H30O3/c1-7-11(2)15(18)20-12(3)19-14-10-13-8-9-17(14,6)16(13,4)5/h11-14H,7-10H2,1-6H3. The smallest absolute Gasteiger partial charge is 0.310 e. The van der Waals surface area contributed by atoms with Crippen LogP contribution in [0.3, 0.4) is 0 Å². The Morgan fingerprint density at radius 3 is 2.40 bits per heavy atom. The van der Waals surface area contributed by atoms with Gasteiger partial charge >= 0.3 is 5.97 Å². The van der Waals surface area contributed by atoms with E-state index in [-0.39, 0.29) is 23.4 Å². The molecule has 0 aliphatic heterocycles. The second-order valence-electron chi connectivity index (χ2n) is 7.55. The molecule has 0 heterocycles. The lowest BCUT2D eigenvalue weighted by Crippen LogP contribution is -2.39. The first-order chi connectivity index (χ1) is 9.22. The third-order valence-corrected chi connectivity index (χ3v) is 6.37. The van der Waals surface area contributed by atoms with Crippen molar-refractivity contribution in [3.8, 4) is 0 Å². The molecule has 0 amide bonds. The van der Waals surface area contributed by atoms with Crippen LogP contribution in [0, 0.1) is 22.7 Å². The summed E-state index contributed by atoms with van der Waals surface area (Å²) < 4.78 is 11.5. The Bertz CT molecular complexity index is 376. The zero-order valence-corrected chi connectivity index (χ0v) is 13.9. The van der Waals surface area contributed by atoms with Crippen LogP contribution in [0.1, 0.15) is 67.2 Å². The molecule has 5 atom stereocenters. The van der Waals surface area contributed by atoms with Crippen molar-refractivity contribution in [2.24, 2.45) is 22.7 Å². The summed E-state index contributed by atoms with van der Waals surface area (Å²) in [5.41, 5.74) is 0.548. The van der Waals surface area contributed by atoms with Gasteiger partial charge in [-0.25, -0.2) is 0 Å². The highest BCUT2D eigenvalue weighted by Crippen LogP contribution is 2.66. The molecular formula is C17H30O3. The lowest BCUT2D eigenvalue weighted by atomic mass is 9.70. The Hall–Kier alpha value is -0.570. The molecule has 2 fully saturated rings. The minimum absolute atomic E-state index is 0.0480. The Labute approximate surface area is 123 Å². The van der Waals surface area contributed by atoms with Gasteiger partial charge in [0.2, 0.25) is 0 Å². The van der Waals surface area contributed by atoms with Crippen LogP contribution in [-0.4, -0.2) is 18.4 Å². The fraction of sp³-hybridized carbons (Fsp3) is 0.941. The van der Waals surface area contributed by atoms with Crippen molar-refractivity contribution >= 4 is 5.97 Å². The number of ether oxygens (including phenoxy) is 2. The van der Waals surface area contributed by atoms with E-state index < -0.39 is 6.29 Å². The zero-order chi connectivity index (χ0) is 15.1. The molecule has 0 saturated heterocycles. The van der Waals surface area contributed by atoms with E-state index in [9.17, 15) is 4.79 Å². The molecule has 0 aromatic carbocycles. The van der Waals surface area contributed by atoms with Gasteiger partial charge in [0.1, 0.15) is 0 Å². The van der Waals surface area contributed by atoms with Gasteiger partial charge in [0.05, 0.1) is 12.0 Å². The molecule has 0 aromatic rings. The Balaban J connectivity index is 1.94. The molecule has 2 bridgehead atoms. The van der Waals surface area contributed by atoms with Crippen molar-refractivity contribution in [2.45, 2.75) is 79.6 Å². The number of fused-ring (bicyclic) bond motifs is 2. The van der Waals surface area contributed by atoms with Gasteiger partial charge in [0.25, 0.3) is 0 Å². The quantitative estimate of drug-likeness (QED) is 0.561. The largest absolute Gasteiger partial charge is 0.436 e. The molecule has 2 aliphatic carbocycles. The molecule has 20 heavy (non-hydrogen) atoms. The molecule has 0 aromatic heterocycles. The number of hydrogen-bond donors (Lipinski definition) is 0. The normalized spacial score (nSPS) is 37.7. The van der Waals surface area contributed by atoms with Crippen LogP contribution in [0.15, 0.2) is 0 Å². The predicted molar refractivity (Wildman–Crippen MR) is 79.1 cm³/mol. The maximum absolute atomic E-state index is 11.8. The highest BCUT2D eigenvalue weighted by molar-refractivity contribution is 5.71. The third kappa shape index (κ3) is 2.38. The molecule has 0 N–H and O–H groups in total. The number of rotatable bonds is 5. The third-order valence-electron chi connectivity index (χ3n) is 6.37. The predicted octanol–water partition coefficient (Wildman–Crippen LogP) is 4.15. The SMILES string of the molecule is CCC(C)C(=O)OC(C)OC1CC2CCC1(C)C2(C)C. The van der Waals surface area contributed by atoms with E-state index in [4.69, 9.17) is 9.47 Å². The summed E-state index contributed by atoms with van der Waals surface area (Å²) >= 11 is 0. The van der Waals surface area contributed by atoms with Crippen molar-refractivity contribution in [1.29, 1.82) is 0 Å². The summed E-state index contributed by atoms with van der Waals surface area (Å²) in [4.78, 5) is 11.8. The molecule has 5 unspecified atom stereocenters. The van der Waals surface area contributed by atoms with Crippen LogP contribution in [-0.2, 0) is 14.3 Å². The van der Waals surface area contributed by atoms with Crippen molar-refractivity contribution < 1.29 is 14.3 Å². The fourth-order valence-electron chi connectivity index (χ4n) is 4.04. The van der Waals surface area contributed by atoms with Crippen molar-refractivity contribution in [1.82, 2.24) is 0 Å². The highest BCUT2D eigenvalue weighted by Gasteiger charge is 2.62. The van der Waals surface area contributed by atoms with E-state index >= 15 is 0 Å². The van der Waals surface area contributed by atoms with E-state index in [1.807, 2.05) is 20.8 Å². The first kappa shape index (κ1) is 15.8. The Kier molecular flexibility index (Phi) is 4.21. The maximum Gasteiger partial charge on any atom is 0.310 e. The van der Waals surface area contributed by atoms with E-state index in [0.717, 1.165) is 18.8 Å². The van der Waals surface area contributed by atoms with Crippen LogP contribution in [0.5, 0.6) is 0 Å². The Morgan fingerprint density at radius 2 is 1.95 bits per heavy atom. The molecule has 2 saturated carbocycles. The average Bonchev–Trinajstić information content (AvgIpc) is 2.70. The molecule has 3 nitrogen and oxygen atoms in total. The van der Waals surface area contributed by atoms with E-state index in [1.165, 1.54) is 12.8 Å². The Morgan fingerprint density at radius 1 is 1.30 bits per heavy atom. The van der Waals surface area contributed by atoms with Crippen LogP contribution in [0.25, 0.3) is 0 Å². The number of carbonyl (C=O) groups excluding carboxylic acids is 1. The van der Waals surface area contributed by atoms with Crippen LogP contribution >= 0.6 is 0 Å². The monoisotopic (exact) mass is 282 g/mol. The lowest BCUT2D eigenvalue weighted by molar-refractivity contribution is -0.202. The minimum atomic E-state index is -0.437. The van der Waals surface area contributed by atoms with E-state index in [0.29, 0.717) is 5.41 Å². The second kappa shape index (κ2) is 5.32. The molecule has 0 spiro atoms. The summed E-state index contributed by atoms with van der Waals surface area (Å²) in [5.74, 6) is 0.552.